The molecule has 0 saturated carbocycles. The minimum Gasteiger partial charge on any atom is -0.477 e. The molecule has 0 atom stereocenters. The third-order valence-corrected chi connectivity index (χ3v) is 2.46. The van der Waals surface area contributed by atoms with E-state index < -0.39 is 0 Å². The number of hydrogen-bond donors (Lipinski definition) is 0. The van der Waals surface area contributed by atoms with E-state index in [0.717, 1.165) is 17.0 Å². The van der Waals surface area contributed by atoms with E-state index in [9.17, 15) is 0 Å². The number of hydrogen-bond acceptors (Lipinski definition) is 3. The van der Waals surface area contributed by atoms with E-state index in [1.165, 1.54) is 0 Å². The van der Waals surface area contributed by atoms with Crippen molar-refractivity contribution in [2.45, 2.75) is 13.8 Å². The zero-order valence-electron chi connectivity index (χ0n) is 9.77. The molecular formula is C13H13ClN2O. The van der Waals surface area contributed by atoms with Gasteiger partial charge in [0.1, 0.15) is 0 Å². The van der Waals surface area contributed by atoms with Crippen LogP contribution in [-0.4, -0.2) is 16.6 Å². The topological polar surface area (TPSA) is 35.0 Å². The molecule has 0 unspecified atom stereocenters. The van der Waals surface area contributed by atoms with Crippen molar-refractivity contribution < 1.29 is 4.74 Å². The van der Waals surface area contributed by atoms with Gasteiger partial charge in [-0.15, -0.1) is 0 Å². The molecule has 88 valence electrons. The second kappa shape index (κ2) is 5.15. The molecule has 0 aliphatic rings. The van der Waals surface area contributed by atoms with Gasteiger partial charge in [0.25, 0.3) is 0 Å². The zero-order valence-corrected chi connectivity index (χ0v) is 10.5. The van der Waals surface area contributed by atoms with E-state index >= 15 is 0 Å². The number of pyridine rings is 2. The second-order valence-electron chi connectivity index (χ2n) is 3.60. The third kappa shape index (κ3) is 2.74. The smallest absolute Gasteiger partial charge is 0.222 e. The quantitative estimate of drug-likeness (QED) is 0.834. The van der Waals surface area contributed by atoms with E-state index in [1.54, 1.807) is 6.20 Å². The van der Waals surface area contributed by atoms with Gasteiger partial charge in [0.15, 0.2) is 0 Å². The summed E-state index contributed by atoms with van der Waals surface area (Å²) in [6.45, 7) is 4.41. The molecule has 2 aromatic rings. The highest BCUT2D eigenvalue weighted by Gasteiger charge is 2.09. The molecule has 4 heteroatoms. The molecule has 0 amide bonds. The molecular weight excluding hydrogens is 236 g/mol. The molecule has 0 N–H and O–H groups in total. The van der Waals surface area contributed by atoms with Crippen molar-refractivity contribution in [3.05, 3.63) is 41.2 Å². The molecule has 0 bridgehead atoms. The van der Waals surface area contributed by atoms with Crippen LogP contribution in [0.4, 0.5) is 0 Å². The average Bonchev–Trinajstić information content (AvgIpc) is 2.29. The van der Waals surface area contributed by atoms with Crippen molar-refractivity contribution in [1.82, 2.24) is 9.97 Å². The van der Waals surface area contributed by atoms with Gasteiger partial charge in [-0.3, -0.25) is 4.98 Å². The molecule has 0 aromatic carbocycles. The van der Waals surface area contributed by atoms with E-state index in [0.29, 0.717) is 17.5 Å². The highest BCUT2D eigenvalue weighted by molar-refractivity contribution is 6.30. The van der Waals surface area contributed by atoms with E-state index in [2.05, 4.69) is 9.97 Å². The Bertz CT molecular complexity index is 508. The first-order valence-corrected chi connectivity index (χ1v) is 5.81. The Labute approximate surface area is 105 Å². The normalized spacial score (nSPS) is 10.3. The Morgan fingerprint density at radius 3 is 2.88 bits per heavy atom. The van der Waals surface area contributed by atoms with Crippen LogP contribution in [0.1, 0.15) is 12.6 Å². The standard InChI is InChI=1S/C13H13ClN2O/c1-3-17-13-11(5-4-6-15-13)12-8-10(14)7-9(2)16-12/h4-8H,3H2,1-2H3. The monoisotopic (exact) mass is 248 g/mol. The fourth-order valence-electron chi connectivity index (χ4n) is 1.60. The first kappa shape index (κ1) is 11.9. The lowest BCUT2D eigenvalue weighted by molar-refractivity contribution is 0.328. The highest BCUT2D eigenvalue weighted by Crippen LogP contribution is 2.28. The maximum absolute atomic E-state index is 6.03. The first-order chi connectivity index (χ1) is 8.20. The molecule has 0 aliphatic carbocycles. The van der Waals surface area contributed by atoms with Gasteiger partial charge >= 0.3 is 0 Å². The summed E-state index contributed by atoms with van der Waals surface area (Å²) in [6, 6.07) is 7.42. The minimum atomic E-state index is 0.573. The van der Waals surface area contributed by atoms with Crippen LogP contribution in [0.5, 0.6) is 5.88 Å². The van der Waals surface area contributed by atoms with Crippen LogP contribution in [0.2, 0.25) is 5.02 Å². The Balaban J connectivity index is 2.51. The van der Waals surface area contributed by atoms with Crippen molar-refractivity contribution in [3.63, 3.8) is 0 Å². The fraction of sp³-hybridized carbons (Fsp3) is 0.231. The lowest BCUT2D eigenvalue weighted by Crippen LogP contribution is -1.97. The van der Waals surface area contributed by atoms with Gasteiger partial charge in [0.2, 0.25) is 5.88 Å². The minimum absolute atomic E-state index is 0.573. The Morgan fingerprint density at radius 1 is 1.35 bits per heavy atom. The van der Waals surface area contributed by atoms with Gasteiger partial charge in [-0.25, -0.2) is 4.98 Å². The van der Waals surface area contributed by atoms with Crippen LogP contribution in [-0.2, 0) is 0 Å². The van der Waals surface area contributed by atoms with Crippen molar-refractivity contribution in [2.24, 2.45) is 0 Å². The van der Waals surface area contributed by atoms with Gasteiger partial charge < -0.3 is 4.74 Å². The van der Waals surface area contributed by atoms with Crippen LogP contribution in [0.3, 0.4) is 0 Å². The summed E-state index contributed by atoms with van der Waals surface area (Å²) in [5, 5.41) is 0.666. The number of halogens is 1. The number of ether oxygens (including phenoxy) is 1. The van der Waals surface area contributed by atoms with Crippen LogP contribution >= 0.6 is 11.6 Å². The van der Waals surface area contributed by atoms with E-state index in [4.69, 9.17) is 16.3 Å². The fourth-order valence-corrected chi connectivity index (χ4v) is 1.86. The second-order valence-corrected chi connectivity index (χ2v) is 4.04. The van der Waals surface area contributed by atoms with Gasteiger partial charge in [-0.2, -0.15) is 0 Å². The van der Waals surface area contributed by atoms with E-state index in [-0.39, 0.29) is 0 Å². The molecule has 0 aliphatic heterocycles. The molecule has 17 heavy (non-hydrogen) atoms. The average molecular weight is 249 g/mol. The predicted octanol–water partition coefficient (Wildman–Crippen LogP) is 3.50. The van der Waals surface area contributed by atoms with E-state index in [1.807, 2.05) is 38.1 Å². The molecule has 0 fully saturated rings. The number of aromatic nitrogens is 2. The largest absolute Gasteiger partial charge is 0.477 e. The SMILES string of the molecule is CCOc1ncccc1-c1cc(Cl)cc(C)n1. The van der Waals surface area contributed by atoms with Crippen molar-refractivity contribution in [2.75, 3.05) is 6.61 Å². The summed E-state index contributed by atoms with van der Waals surface area (Å²) in [4.78, 5) is 8.64. The maximum Gasteiger partial charge on any atom is 0.222 e. The summed E-state index contributed by atoms with van der Waals surface area (Å²) >= 11 is 6.03. The predicted molar refractivity (Wildman–Crippen MR) is 68.4 cm³/mol. The highest BCUT2D eigenvalue weighted by atomic mass is 35.5. The lowest BCUT2D eigenvalue weighted by atomic mass is 10.1. The van der Waals surface area contributed by atoms with Crippen molar-refractivity contribution in [3.8, 4) is 17.1 Å². The van der Waals surface area contributed by atoms with Gasteiger partial charge in [0.05, 0.1) is 17.9 Å². The van der Waals surface area contributed by atoms with Crippen molar-refractivity contribution >= 4 is 11.6 Å². The molecule has 2 rings (SSSR count). The molecule has 0 spiro atoms. The number of rotatable bonds is 3. The summed E-state index contributed by atoms with van der Waals surface area (Å²) in [6.07, 6.45) is 1.70. The first-order valence-electron chi connectivity index (χ1n) is 5.43. The Kier molecular flexibility index (Phi) is 3.59. The number of aryl methyl sites for hydroxylation is 1. The summed E-state index contributed by atoms with van der Waals surface area (Å²) in [5.41, 5.74) is 2.52. The summed E-state index contributed by atoms with van der Waals surface area (Å²) in [5.74, 6) is 0.587. The maximum atomic E-state index is 6.03. The Hall–Kier alpha value is -1.61. The third-order valence-electron chi connectivity index (χ3n) is 2.25. The van der Waals surface area contributed by atoms with Crippen LogP contribution in [0.15, 0.2) is 30.5 Å². The Morgan fingerprint density at radius 2 is 2.18 bits per heavy atom. The molecule has 0 saturated heterocycles. The van der Waals surface area contributed by atoms with Gasteiger partial charge in [0, 0.05) is 16.9 Å². The lowest BCUT2D eigenvalue weighted by Gasteiger charge is -2.08. The van der Waals surface area contributed by atoms with Crippen LogP contribution < -0.4 is 4.74 Å². The molecule has 2 heterocycles. The number of nitrogens with zero attached hydrogens (tertiary/aromatic N) is 2. The van der Waals surface area contributed by atoms with Gasteiger partial charge in [-0.1, -0.05) is 11.6 Å². The summed E-state index contributed by atoms with van der Waals surface area (Å²) < 4.78 is 5.48. The van der Waals surface area contributed by atoms with Crippen LogP contribution in [0.25, 0.3) is 11.3 Å². The zero-order chi connectivity index (χ0) is 12.3. The molecule has 3 nitrogen and oxygen atoms in total. The summed E-state index contributed by atoms with van der Waals surface area (Å²) in [7, 11) is 0. The van der Waals surface area contributed by atoms with Crippen LogP contribution in [0, 0.1) is 6.92 Å². The van der Waals surface area contributed by atoms with Gasteiger partial charge in [-0.05, 0) is 38.1 Å². The van der Waals surface area contributed by atoms with Crippen molar-refractivity contribution in [1.29, 1.82) is 0 Å². The molecule has 2 aromatic heterocycles. The molecule has 0 radical (unpaired) electrons.